The molecule has 0 aliphatic heterocycles. The molecular weight excluding hydrogens is 220 g/mol. The molecular formula is C12H18N2O3. The van der Waals surface area contributed by atoms with Gasteiger partial charge in [-0.05, 0) is 6.92 Å². The summed E-state index contributed by atoms with van der Waals surface area (Å²) in [5.74, 6) is 0.586. The second-order valence-corrected chi connectivity index (χ2v) is 3.67. The summed E-state index contributed by atoms with van der Waals surface area (Å²) in [6.07, 6.45) is 4.62. The van der Waals surface area contributed by atoms with E-state index in [2.05, 4.69) is 4.98 Å². The fraction of sp³-hybridized carbons (Fsp3) is 0.583. The van der Waals surface area contributed by atoms with Gasteiger partial charge in [0.05, 0.1) is 19.6 Å². The lowest BCUT2D eigenvalue weighted by atomic mass is 10.2. The van der Waals surface area contributed by atoms with E-state index in [1.807, 2.05) is 11.5 Å². The molecule has 0 unspecified atom stereocenters. The smallest absolute Gasteiger partial charge is 0.306 e. The maximum Gasteiger partial charge on any atom is 0.306 e. The molecule has 17 heavy (non-hydrogen) atoms. The quantitative estimate of drug-likeness (QED) is 0.673. The molecule has 0 spiro atoms. The molecule has 0 aliphatic rings. The number of aryl methyl sites for hydroxylation is 1. The Bertz CT molecular complexity index is 385. The minimum Gasteiger partial charge on any atom is -0.466 e. The second-order valence-electron chi connectivity index (χ2n) is 3.67. The Morgan fingerprint density at radius 1 is 1.35 bits per heavy atom. The summed E-state index contributed by atoms with van der Waals surface area (Å²) >= 11 is 0. The van der Waals surface area contributed by atoms with Crippen LogP contribution in [0.3, 0.4) is 0 Å². The van der Waals surface area contributed by atoms with E-state index in [1.165, 1.54) is 0 Å². The number of aromatic nitrogens is 2. The van der Waals surface area contributed by atoms with Gasteiger partial charge in [-0.2, -0.15) is 0 Å². The zero-order chi connectivity index (χ0) is 12.7. The van der Waals surface area contributed by atoms with Crippen LogP contribution in [0.15, 0.2) is 12.4 Å². The molecule has 0 bridgehead atoms. The molecule has 0 radical (unpaired) electrons. The molecule has 1 aromatic heterocycles. The molecule has 5 nitrogen and oxygen atoms in total. The molecule has 0 N–H and O–H groups in total. The first-order chi connectivity index (χ1) is 8.17. The number of hydrogen-bond acceptors (Lipinski definition) is 4. The van der Waals surface area contributed by atoms with Crippen LogP contribution < -0.4 is 0 Å². The van der Waals surface area contributed by atoms with E-state index in [1.54, 1.807) is 19.3 Å². The molecule has 0 amide bonds. The Balaban J connectivity index is 2.37. The molecule has 0 atom stereocenters. The van der Waals surface area contributed by atoms with Crippen LogP contribution in [0, 0.1) is 0 Å². The summed E-state index contributed by atoms with van der Waals surface area (Å²) in [6.45, 7) is 4.37. The Kier molecular flexibility index (Phi) is 5.39. The van der Waals surface area contributed by atoms with Crippen molar-refractivity contribution in [3.63, 3.8) is 0 Å². The van der Waals surface area contributed by atoms with Crippen molar-refractivity contribution >= 4 is 11.8 Å². The van der Waals surface area contributed by atoms with Crippen molar-refractivity contribution in [2.24, 2.45) is 0 Å². The first-order valence-electron chi connectivity index (χ1n) is 5.84. The van der Waals surface area contributed by atoms with Gasteiger partial charge in [0.1, 0.15) is 5.82 Å². The third-order valence-electron chi connectivity index (χ3n) is 2.38. The fourth-order valence-electron chi connectivity index (χ4n) is 1.54. The van der Waals surface area contributed by atoms with Crippen molar-refractivity contribution < 1.29 is 14.3 Å². The van der Waals surface area contributed by atoms with Crippen molar-refractivity contribution in [1.29, 1.82) is 0 Å². The molecule has 0 saturated heterocycles. The molecule has 1 rings (SSSR count). The average molecular weight is 238 g/mol. The number of hydrogen-bond donors (Lipinski definition) is 0. The third kappa shape index (κ3) is 4.38. The van der Waals surface area contributed by atoms with Crippen LogP contribution >= 0.6 is 0 Å². The molecule has 5 heteroatoms. The van der Waals surface area contributed by atoms with Crippen molar-refractivity contribution in [2.75, 3.05) is 6.61 Å². The zero-order valence-corrected chi connectivity index (χ0v) is 10.3. The van der Waals surface area contributed by atoms with Gasteiger partial charge in [0.15, 0.2) is 5.78 Å². The van der Waals surface area contributed by atoms with Crippen LogP contribution in [-0.4, -0.2) is 27.9 Å². The van der Waals surface area contributed by atoms with Crippen LogP contribution in [0.2, 0.25) is 0 Å². The molecule has 0 fully saturated rings. The van der Waals surface area contributed by atoms with Gasteiger partial charge in [-0.25, -0.2) is 4.98 Å². The monoisotopic (exact) mass is 238 g/mol. The van der Waals surface area contributed by atoms with Crippen LogP contribution in [0.1, 0.15) is 32.5 Å². The number of imidazole rings is 1. The largest absolute Gasteiger partial charge is 0.466 e. The fourth-order valence-corrected chi connectivity index (χ4v) is 1.54. The molecule has 1 heterocycles. The average Bonchev–Trinajstić information content (AvgIpc) is 2.74. The number of esters is 1. The maximum absolute atomic E-state index is 11.6. The highest BCUT2D eigenvalue weighted by atomic mass is 16.5. The van der Waals surface area contributed by atoms with Crippen molar-refractivity contribution in [3.05, 3.63) is 18.2 Å². The molecule has 1 aromatic rings. The summed E-state index contributed by atoms with van der Waals surface area (Å²) < 4.78 is 6.58. The van der Waals surface area contributed by atoms with Crippen LogP contribution in [0.5, 0.6) is 0 Å². The molecule has 0 aromatic carbocycles. The van der Waals surface area contributed by atoms with Gasteiger partial charge in [-0.15, -0.1) is 0 Å². The van der Waals surface area contributed by atoms with Crippen LogP contribution in [-0.2, 0) is 27.3 Å². The summed E-state index contributed by atoms with van der Waals surface area (Å²) in [5, 5.41) is 0. The number of carbonyl (C=O) groups is 2. The van der Waals surface area contributed by atoms with Gasteiger partial charge < -0.3 is 9.30 Å². The summed E-state index contributed by atoms with van der Waals surface area (Å²) in [4.78, 5) is 26.8. The normalized spacial score (nSPS) is 10.2. The SMILES string of the molecule is CCOC(=O)CCC(=O)Cn1ccnc1CC. The number of ketones is 1. The van der Waals surface area contributed by atoms with E-state index in [9.17, 15) is 9.59 Å². The van der Waals surface area contributed by atoms with E-state index >= 15 is 0 Å². The van der Waals surface area contributed by atoms with Gasteiger partial charge >= 0.3 is 5.97 Å². The number of carbonyl (C=O) groups excluding carboxylic acids is 2. The van der Waals surface area contributed by atoms with Crippen LogP contribution in [0.25, 0.3) is 0 Å². The van der Waals surface area contributed by atoms with Gasteiger partial charge in [0, 0.05) is 25.2 Å². The van der Waals surface area contributed by atoms with Gasteiger partial charge in [-0.3, -0.25) is 9.59 Å². The van der Waals surface area contributed by atoms with E-state index in [0.29, 0.717) is 6.61 Å². The zero-order valence-electron chi connectivity index (χ0n) is 10.3. The standard InChI is InChI=1S/C12H18N2O3/c1-3-11-13-7-8-14(11)9-10(15)5-6-12(16)17-4-2/h7-8H,3-6,9H2,1-2H3. The molecule has 0 saturated carbocycles. The lowest BCUT2D eigenvalue weighted by Crippen LogP contribution is -2.14. The highest BCUT2D eigenvalue weighted by Crippen LogP contribution is 2.02. The second kappa shape index (κ2) is 6.83. The van der Waals surface area contributed by atoms with Gasteiger partial charge in [0.2, 0.25) is 0 Å². The molecule has 0 aliphatic carbocycles. The maximum atomic E-state index is 11.6. The summed E-state index contributed by atoms with van der Waals surface area (Å²) in [7, 11) is 0. The predicted molar refractivity (Wildman–Crippen MR) is 62.5 cm³/mol. The lowest BCUT2D eigenvalue weighted by Gasteiger charge is -2.05. The van der Waals surface area contributed by atoms with E-state index < -0.39 is 0 Å². The highest BCUT2D eigenvalue weighted by Gasteiger charge is 2.09. The summed E-state index contributed by atoms with van der Waals surface area (Å²) in [5.41, 5.74) is 0. The van der Waals surface area contributed by atoms with E-state index in [4.69, 9.17) is 4.74 Å². The van der Waals surface area contributed by atoms with Gasteiger partial charge in [0.25, 0.3) is 0 Å². The summed E-state index contributed by atoms with van der Waals surface area (Å²) in [6, 6.07) is 0. The Morgan fingerprint density at radius 2 is 2.12 bits per heavy atom. The minimum atomic E-state index is -0.317. The minimum absolute atomic E-state index is 0.0192. The number of Topliss-reactive ketones (excluding diaryl/α,β-unsaturated/α-hetero) is 1. The highest BCUT2D eigenvalue weighted by molar-refractivity contribution is 5.82. The number of rotatable bonds is 7. The van der Waals surface area contributed by atoms with Crippen LogP contribution in [0.4, 0.5) is 0 Å². The first-order valence-corrected chi connectivity index (χ1v) is 5.84. The van der Waals surface area contributed by atoms with E-state index in [0.717, 1.165) is 12.2 Å². The van der Waals surface area contributed by atoms with Gasteiger partial charge in [-0.1, -0.05) is 6.92 Å². The van der Waals surface area contributed by atoms with E-state index in [-0.39, 0.29) is 31.1 Å². The Morgan fingerprint density at radius 3 is 2.76 bits per heavy atom. The lowest BCUT2D eigenvalue weighted by molar-refractivity contribution is -0.144. The predicted octanol–water partition coefficient (Wildman–Crippen LogP) is 1.36. The third-order valence-corrected chi connectivity index (χ3v) is 2.38. The topological polar surface area (TPSA) is 61.2 Å². The van der Waals surface area contributed by atoms with Crippen molar-refractivity contribution in [1.82, 2.24) is 9.55 Å². The van der Waals surface area contributed by atoms with Crippen molar-refractivity contribution in [2.45, 2.75) is 39.7 Å². The van der Waals surface area contributed by atoms with Crippen molar-refractivity contribution in [3.8, 4) is 0 Å². The molecule has 94 valence electrons. The Labute approximate surface area is 101 Å². The number of nitrogens with zero attached hydrogens (tertiary/aromatic N) is 2. The first kappa shape index (κ1) is 13.4. The Hall–Kier alpha value is -1.65. The number of ether oxygens (including phenoxy) is 1.